The molecule has 6 rings (SSSR count). The van der Waals surface area contributed by atoms with E-state index in [1.165, 1.54) is 0 Å². The van der Waals surface area contributed by atoms with E-state index in [-0.39, 0.29) is 5.75 Å². The highest BCUT2D eigenvalue weighted by Crippen LogP contribution is 2.37. The van der Waals surface area contributed by atoms with Crippen LogP contribution in [0, 0.1) is 0 Å². The highest BCUT2D eigenvalue weighted by molar-refractivity contribution is 5.93. The van der Waals surface area contributed by atoms with Crippen LogP contribution >= 0.6 is 0 Å². The number of hydrogen-bond acceptors (Lipinski definition) is 4. The third-order valence-electron chi connectivity index (χ3n) is 5.89. The molecule has 0 aliphatic rings. The first-order chi connectivity index (χ1) is 16.8. The van der Waals surface area contributed by atoms with Gasteiger partial charge in [-0.25, -0.2) is 4.98 Å². The summed E-state index contributed by atoms with van der Waals surface area (Å²) in [5.74, 6) is 0.517. The summed E-state index contributed by atoms with van der Waals surface area (Å²) in [4.78, 5) is 9.29. The van der Waals surface area contributed by atoms with Gasteiger partial charge in [0.15, 0.2) is 5.58 Å². The molecule has 0 radical (unpaired) electrons. The maximum atomic E-state index is 10.6. The van der Waals surface area contributed by atoms with Crippen LogP contribution in [0.2, 0.25) is 0 Å². The number of aromatic hydroxyl groups is 1. The molecule has 2 heterocycles. The predicted octanol–water partition coefficient (Wildman–Crippen LogP) is 7.60. The molecule has 0 saturated carbocycles. The van der Waals surface area contributed by atoms with Crippen molar-refractivity contribution in [1.29, 1.82) is 0 Å². The van der Waals surface area contributed by atoms with Crippen molar-refractivity contribution in [3.05, 3.63) is 115 Å². The molecule has 0 aliphatic heterocycles. The Kier molecular flexibility index (Phi) is 4.89. The number of pyridine rings is 1. The van der Waals surface area contributed by atoms with Gasteiger partial charge in [-0.2, -0.15) is 0 Å². The van der Waals surface area contributed by atoms with Crippen LogP contribution in [0.5, 0.6) is 5.75 Å². The summed E-state index contributed by atoms with van der Waals surface area (Å²) in [6.07, 6.45) is 1.79. The van der Waals surface area contributed by atoms with Gasteiger partial charge in [0, 0.05) is 17.3 Å². The maximum absolute atomic E-state index is 10.6. The van der Waals surface area contributed by atoms with E-state index in [0.29, 0.717) is 17.0 Å². The Bertz CT molecular complexity index is 1610. The molecular weight excluding hydrogens is 420 g/mol. The van der Waals surface area contributed by atoms with E-state index in [4.69, 9.17) is 9.40 Å². The summed E-state index contributed by atoms with van der Waals surface area (Å²) in [5, 5.41) is 10.6. The summed E-state index contributed by atoms with van der Waals surface area (Å²) >= 11 is 0. The molecule has 0 spiro atoms. The molecule has 0 aliphatic carbocycles. The van der Waals surface area contributed by atoms with E-state index in [1.54, 1.807) is 12.3 Å². The highest BCUT2D eigenvalue weighted by atomic mass is 16.3. The normalized spacial score (nSPS) is 11.1. The van der Waals surface area contributed by atoms with E-state index < -0.39 is 0 Å². The van der Waals surface area contributed by atoms with Gasteiger partial charge < -0.3 is 9.52 Å². The molecule has 6 aromatic rings. The summed E-state index contributed by atoms with van der Waals surface area (Å²) < 4.78 is 6.12. The number of oxazole rings is 1. The number of fused-ring (bicyclic) bond motifs is 1. The van der Waals surface area contributed by atoms with Gasteiger partial charge in [0.2, 0.25) is 5.89 Å². The topological polar surface area (TPSA) is 59.2 Å². The SMILES string of the molecule is Oc1ccc(-c2ccccc2)cc1-c1nc2c(-c3cccc(-c4ccccn4)c3)cccc2o1. The fourth-order valence-corrected chi connectivity index (χ4v) is 4.19. The zero-order valence-corrected chi connectivity index (χ0v) is 18.2. The molecule has 2 aromatic heterocycles. The molecule has 162 valence electrons. The lowest BCUT2D eigenvalue weighted by molar-refractivity contribution is 0.474. The number of aromatic nitrogens is 2. The molecule has 4 nitrogen and oxygen atoms in total. The Labute approximate surface area is 196 Å². The molecule has 4 heteroatoms. The van der Waals surface area contributed by atoms with E-state index in [9.17, 15) is 5.11 Å². The summed E-state index contributed by atoms with van der Waals surface area (Å²) in [6, 6.07) is 35.6. The van der Waals surface area contributed by atoms with Gasteiger partial charge in [-0.1, -0.05) is 72.8 Å². The molecule has 4 aromatic carbocycles. The van der Waals surface area contributed by atoms with Gasteiger partial charge in [-0.15, -0.1) is 0 Å². The van der Waals surface area contributed by atoms with Crippen LogP contribution in [0.25, 0.3) is 56.1 Å². The highest BCUT2D eigenvalue weighted by Gasteiger charge is 2.16. The van der Waals surface area contributed by atoms with Gasteiger partial charge in [0.1, 0.15) is 11.3 Å². The second-order valence-corrected chi connectivity index (χ2v) is 8.07. The first-order valence-electron chi connectivity index (χ1n) is 11.1. The molecule has 0 bridgehead atoms. The molecule has 0 atom stereocenters. The summed E-state index contributed by atoms with van der Waals surface area (Å²) in [7, 11) is 0. The lowest BCUT2D eigenvalue weighted by atomic mass is 10.0. The average molecular weight is 441 g/mol. The van der Waals surface area contributed by atoms with Crippen LogP contribution < -0.4 is 0 Å². The van der Waals surface area contributed by atoms with E-state index in [0.717, 1.165) is 39.0 Å². The third kappa shape index (κ3) is 3.61. The molecule has 34 heavy (non-hydrogen) atoms. The Hall–Kier alpha value is -4.70. The molecule has 1 N–H and O–H groups in total. The zero-order chi connectivity index (χ0) is 22.9. The summed E-state index contributed by atoms with van der Waals surface area (Å²) in [6.45, 7) is 0. The Balaban J connectivity index is 1.46. The molecule has 0 fully saturated rings. The minimum atomic E-state index is 0.130. The van der Waals surface area contributed by atoms with Crippen molar-refractivity contribution in [3.8, 4) is 50.7 Å². The van der Waals surface area contributed by atoms with Crippen molar-refractivity contribution in [2.75, 3.05) is 0 Å². The quantitative estimate of drug-likeness (QED) is 0.307. The largest absolute Gasteiger partial charge is 0.507 e. The average Bonchev–Trinajstić information content (AvgIpc) is 3.34. The Morgan fingerprint density at radius 2 is 1.38 bits per heavy atom. The van der Waals surface area contributed by atoms with Crippen LogP contribution in [0.1, 0.15) is 0 Å². The Morgan fingerprint density at radius 3 is 2.24 bits per heavy atom. The number of hydrogen-bond donors (Lipinski definition) is 1. The standard InChI is InChI=1S/C30H20N2O2/c33-27-16-15-21(20-8-2-1-3-9-20)19-25(27)30-32-29-24(12-7-14-28(29)34-30)22-10-6-11-23(18-22)26-13-4-5-17-31-26/h1-19,33H. The number of phenols is 1. The van der Waals surface area contributed by atoms with Crippen LogP contribution in [0.15, 0.2) is 120 Å². The molecule has 0 unspecified atom stereocenters. The van der Waals surface area contributed by atoms with Crippen molar-refractivity contribution < 1.29 is 9.52 Å². The number of rotatable bonds is 4. The van der Waals surface area contributed by atoms with Gasteiger partial charge >= 0.3 is 0 Å². The monoisotopic (exact) mass is 440 g/mol. The van der Waals surface area contributed by atoms with Crippen molar-refractivity contribution in [2.45, 2.75) is 0 Å². The zero-order valence-electron chi connectivity index (χ0n) is 18.2. The summed E-state index contributed by atoms with van der Waals surface area (Å²) in [5.41, 5.74) is 7.96. The lowest BCUT2D eigenvalue weighted by Gasteiger charge is -2.06. The van der Waals surface area contributed by atoms with Crippen molar-refractivity contribution >= 4 is 11.1 Å². The van der Waals surface area contributed by atoms with Gasteiger partial charge in [0.05, 0.1) is 11.3 Å². The van der Waals surface area contributed by atoms with Crippen LogP contribution in [-0.4, -0.2) is 15.1 Å². The predicted molar refractivity (Wildman–Crippen MR) is 135 cm³/mol. The first kappa shape index (κ1) is 19.9. The van der Waals surface area contributed by atoms with Crippen LogP contribution in [-0.2, 0) is 0 Å². The number of benzene rings is 4. The fourth-order valence-electron chi connectivity index (χ4n) is 4.19. The minimum absolute atomic E-state index is 0.130. The fraction of sp³-hybridized carbons (Fsp3) is 0. The van der Waals surface area contributed by atoms with E-state index in [1.807, 2.05) is 91.0 Å². The minimum Gasteiger partial charge on any atom is -0.507 e. The third-order valence-corrected chi connectivity index (χ3v) is 5.89. The van der Waals surface area contributed by atoms with E-state index in [2.05, 4.69) is 17.1 Å². The van der Waals surface area contributed by atoms with Gasteiger partial charge in [-0.3, -0.25) is 4.98 Å². The Morgan fingerprint density at radius 1 is 0.588 bits per heavy atom. The molecule has 0 saturated heterocycles. The number of phenolic OH excluding ortho intramolecular Hbond substituents is 1. The molecule has 0 amide bonds. The second kappa shape index (κ2) is 8.34. The van der Waals surface area contributed by atoms with Crippen molar-refractivity contribution in [1.82, 2.24) is 9.97 Å². The second-order valence-electron chi connectivity index (χ2n) is 8.07. The van der Waals surface area contributed by atoms with Gasteiger partial charge in [-0.05, 0) is 53.1 Å². The maximum Gasteiger partial charge on any atom is 0.231 e. The number of para-hydroxylation sites is 1. The smallest absolute Gasteiger partial charge is 0.231 e. The lowest BCUT2D eigenvalue weighted by Crippen LogP contribution is -1.85. The van der Waals surface area contributed by atoms with E-state index >= 15 is 0 Å². The van der Waals surface area contributed by atoms with Gasteiger partial charge in [0.25, 0.3) is 0 Å². The van der Waals surface area contributed by atoms with Crippen LogP contribution in [0.3, 0.4) is 0 Å². The van der Waals surface area contributed by atoms with Crippen molar-refractivity contribution in [2.24, 2.45) is 0 Å². The number of nitrogens with zero attached hydrogens (tertiary/aromatic N) is 2. The molecular formula is C30H20N2O2. The van der Waals surface area contributed by atoms with Crippen molar-refractivity contribution in [3.63, 3.8) is 0 Å². The van der Waals surface area contributed by atoms with Crippen LogP contribution in [0.4, 0.5) is 0 Å². The first-order valence-corrected chi connectivity index (χ1v) is 11.1.